The van der Waals surface area contributed by atoms with Crippen molar-refractivity contribution in [2.45, 2.75) is 6.04 Å². The topological polar surface area (TPSA) is 80.3 Å². The first-order chi connectivity index (χ1) is 10.7. The zero-order chi connectivity index (χ0) is 15.5. The van der Waals surface area contributed by atoms with Gasteiger partial charge in [-0.3, -0.25) is 10.1 Å². The molecule has 3 rings (SSSR count). The Labute approximate surface area is 127 Å². The summed E-state index contributed by atoms with van der Waals surface area (Å²) in [7, 11) is 1.60. The molecule has 1 aliphatic heterocycles. The smallest absolute Gasteiger partial charge is 0.274 e. The molecule has 0 fully saturated rings. The minimum absolute atomic E-state index is 0.0818. The quantitative estimate of drug-likeness (QED) is 0.638. The van der Waals surface area contributed by atoms with E-state index < -0.39 is 0 Å². The summed E-state index contributed by atoms with van der Waals surface area (Å²) in [5, 5.41) is 21.1. The fourth-order valence-corrected chi connectivity index (χ4v) is 2.45. The molecule has 0 spiro atoms. The summed E-state index contributed by atoms with van der Waals surface area (Å²) in [6, 6.07) is 13.7. The lowest BCUT2D eigenvalue weighted by atomic mass is 10.0. The predicted molar refractivity (Wildman–Crippen MR) is 81.0 cm³/mol. The van der Waals surface area contributed by atoms with Crippen LogP contribution in [0.1, 0.15) is 11.6 Å². The molecule has 1 atom stereocenters. The maximum Gasteiger partial charge on any atom is 0.274 e. The predicted octanol–water partition coefficient (Wildman–Crippen LogP) is 3.53. The highest BCUT2D eigenvalue weighted by Gasteiger charge is 2.30. The van der Waals surface area contributed by atoms with Crippen LogP contribution in [0.3, 0.4) is 0 Å². The van der Waals surface area contributed by atoms with Crippen molar-refractivity contribution in [2.75, 3.05) is 18.7 Å². The molecule has 1 aliphatic rings. The third-order valence-electron chi connectivity index (χ3n) is 3.54. The fourth-order valence-electron chi connectivity index (χ4n) is 2.45. The summed E-state index contributed by atoms with van der Waals surface area (Å²) in [6.45, 7) is 0.386. The largest absolute Gasteiger partial charge is 0.497 e. The van der Waals surface area contributed by atoms with Gasteiger partial charge in [-0.1, -0.05) is 17.4 Å². The summed E-state index contributed by atoms with van der Waals surface area (Å²) >= 11 is 0. The second-order valence-electron chi connectivity index (χ2n) is 4.79. The molecule has 0 amide bonds. The molecule has 1 unspecified atom stereocenters. The summed E-state index contributed by atoms with van der Waals surface area (Å²) in [6.07, 6.45) is 0. The van der Waals surface area contributed by atoms with Crippen molar-refractivity contribution in [3.05, 3.63) is 64.2 Å². The van der Waals surface area contributed by atoms with Crippen LogP contribution < -0.4 is 9.75 Å². The van der Waals surface area contributed by atoms with E-state index in [1.165, 1.54) is 6.07 Å². The lowest BCUT2D eigenvalue weighted by Crippen LogP contribution is -2.21. The van der Waals surface area contributed by atoms with Gasteiger partial charge < -0.3 is 4.74 Å². The Kier molecular flexibility index (Phi) is 3.69. The molecular formula is C15H14N4O3. The first kappa shape index (κ1) is 14.0. The van der Waals surface area contributed by atoms with Gasteiger partial charge in [0.15, 0.2) is 0 Å². The van der Waals surface area contributed by atoms with E-state index in [-0.39, 0.29) is 16.7 Å². The molecule has 0 saturated heterocycles. The second kappa shape index (κ2) is 5.80. The highest BCUT2D eigenvalue weighted by Crippen LogP contribution is 2.36. The van der Waals surface area contributed by atoms with Gasteiger partial charge in [-0.2, -0.15) is 5.11 Å². The lowest BCUT2D eigenvalue weighted by Gasteiger charge is -2.22. The molecule has 2 aromatic carbocycles. The fraction of sp³-hybridized carbons (Fsp3) is 0.200. The Morgan fingerprint density at radius 2 is 1.95 bits per heavy atom. The van der Waals surface area contributed by atoms with Crippen LogP contribution in [-0.4, -0.2) is 18.6 Å². The first-order valence-corrected chi connectivity index (χ1v) is 6.74. The summed E-state index contributed by atoms with van der Waals surface area (Å²) in [4.78, 5) is 10.8. The molecule has 22 heavy (non-hydrogen) atoms. The van der Waals surface area contributed by atoms with Crippen molar-refractivity contribution in [3.8, 4) is 5.75 Å². The van der Waals surface area contributed by atoms with Crippen LogP contribution in [0.5, 0.6) is 5.75 Å². The van der Waals surface area contributed by atoms with Crippen LogP contribution in [0.15, 0.2) is 58.9 Å². The van der Waals surface area contributed by atoms with Gasteiger partial charge in [0.05, 0.1) is 29.8 Å². The van der Waals surface area contributed by atoms with E-state index in [1.807, 2.05) is 24.3 Å². The van der Waals surface area contributed by atoms with E-state index >= 15 is 0 Å². The number of nitro groups is 1. The van der Waals surface area contributed by atoms with Gasteiger partial charge in [0.1, 0.15) is 11.8 Å². The van der Waals surface area contributed by atoms with E-state index in [0.29, 0.717) is 12.1 Å². The molecule has 0 aliphatic carbocycles. The van der Waals surface area contributed by atoms with Crippen LogP contribution in [0.4, 0.5) is 11.4 Å². The summed E-state index contributed by atoms with van der Waals surface area (Å²) in [5.74, 6) is 0.738. The van der Waals surface area contributed by atoms with Crippen LogP contribution in [0.25, 0.3) is 0 Å². The van der Waals surface area contributed by atoms with Gasteiger partial charge in [-0.15, -0.1) is 0 Å². The zero-order valence-electron chi connectivity index (χ0n) is 11.9. The van der Waals surface area contributed by atoms with E-state index in [9.17, 15) is 10.1 Å². The minimum Gasteiger partial charge on any atom is -0.497 e. The van der Waals surface area contributed by atoms with Gasteiger partial charge >= 0.3 is 0 Å². The molecule has 0 aromatic heterocycles. The second-order valence-corrected chi connectivity index (χ2v) is 4.79. The Morgan fingerprint density at radius 3 is 2.64 bits per heavy atom. The summed E-state index contributed by atoms with van der Waals surface area (Å²) < 4.78 is 5.13. The molecule has 7 nitrogen and oxygen atoms in total. The average molecular weight is 298 g/mol. The molecule has 2 aromatic rings. The number of hydrogen-bond donors (Lipinski definition) is 0. The first-order valence-electron chi connectivity index (χ1n) is 6.74. The number of benzene rings is 2. The third kappa shape index (κ3) is 2.48. The van der Waals surface area contributed by atoms with Gasteiger partial charge in [0.25, 0.3) is 5.69 Å². The summed E-state index contributed by atoms with van der Waals surface area (Å²) in [5.41, 5.74) is 1.50. The van der Waals surface area contributed by atoms with Crippen molar-refractivity contribution in [1.29, 1.82) is 0 Å². The molecular weight excluding hydrogens is 284 g/mol. The number of ether oxygens (including phenoxy) is 1. The van der Waals surface area contributed by atoms with Crippen LogP contribution >= 0.6 is 0 Å². The number of hydrogen-bond acceptors (Lipinski definition) is 6. The molecule has 0 bridgehead atoms. The van der Waals surface area contributed by atoms with Crippen LogP contribution in [0, 0.1) is 10.1 Å². The number of nitrogens with zero attached hydrogens (tertiary/aromatic N) is 4. The molecule has 1 heterocycles. The van der Waals surface area contributed by atoms with Crippen molar-refractivity contribution in [3.63, 3.8) is 0 Å². The van der Waals surface area contributed by atoms with Crippen molar-refractivity contribution in [1.82, 2.24) is 0 Å². The van der Waals surface area contributed by atoms with Gasteiger partial charge in [-0.05, 0) is 30.3 Å². The van der Waals surface area contributed by atoms with Gasteiger partial charge in [-0.25, -0.2) is 5.01 Å². The highest BCUT2D eigenvalue weighted by atomic mass is 16.6. The Morgan fingerprint density at radius 1 is 1.23 bits per heavy atom. The number of methoxy groups -OCH3 is 1. The highest BCUT2D eigenvalue weighted by molar-refractivity contribution is 5.54. The normalized spacial score (nSPS) is 16.8. The standard InChI is InChI=1S/C15H14N4O3/c1-22-12-8-6-11(7-9-12)18-15(10-16-17-18)13-4-2-3-5-14(13)19(20)21/h2-9,15H,10H2,1H3. The zero-order valence-corrected chi connectivity index (χ0v) is 11.9. The Bertz CT molecular complexity index is 715. The SMILES string of the molecule is COc1ccc(N2N=NCC2c2ccccc2[N+](=O)[O-])cc1. The monoisotopic (exact) mass is 298 g/mol. The molecule has 0 N–H and O–H groups in total. The van der Waals surface area contributed by atoms with Crippen molar-refractivity contribution < 1.29 is 9.66 Å². The maximum absolute atomic E-state index is 11.2. The van der Waals surface area contributed by atoms with Crippen LogP contribution in [-0.2, 0) is 0 Å². The number of rotatable bonds is 4. The molecule has 112 valence electrons. The van der Waals surface area contributed by atoms with Crippen molar-refractivity contribution in [2.24, 2.45) is 10.3 Å². The van der Waals surface area contributed by atoms with E-state index in [1.54, 1.807) is 30.3 Å². The van der Waals surface area contributed by atoms with Gasteiger partial charge in [0.2, 0.25) is 0 Å². The Balaban J connectivity index is 1.96. The number of para-hydroxylation sites is 1. The molecule has 0 saturated carbocycles. The van der Waals surface area contributed by atoms with Crippen molar-refractivity contribution >= 4 is 11.4 Å². The van der Waals surface area contributed by atoms with E-state index in [4.69, 9.17) is 4.74 Å². The average Bonchev–Trinajstić information content (AvgIpc) is 3.04. The minimum atomic E-state index is -0.375. The third-order valence-corrected chi connectivity index (χ3v) is 3.54. The number of nitro benzene ring substituents is 1. The molecule has 0 radical (unpaired) electrons. The Hall–Kier alpha value is -2.96. The maximum atomic E-state index is 11.2. The lowest BCUT2D eigenvalue weighted by molar-refractivity contribution is -0.385. The van der Waals surface area contributed by atoms with Crippen LogP contribution in [0.2, 0.25) is 0 Å². The van der Waals surface area contributed by atoms with E-state index in [0.717, 1.165) is 11.4 Å². The van der Waals surface area contributed by atoms with E-state index in [2.05, 4.69) is 10.3 Å². The molecule has 7 heteroatoms. The van der Waals surface area contributed by atoms with Gasteiger partial charge in [0, 0.05) is 6.07 Å². The number of anilines is 1.